The lowest BCUT2D eigenvalue weighted by Crippen LogP contribution is -1.91. The largest absolute Gasteiger partial charge is 0.304 e. The van der Waals surface area contributed by atoms with Gasteiger partial charge in [-0.05, 0) is 72.8 Å². The molecule has 0 bridgehead atoms. The lowest BCUT2D eigenvalue weighted by molar-refractivity contribution is -0.387. The topological polar surface area (TPSA) is 86.3 Å². The van der Waals surface area contributed by atoms with Crippen molar-refractivity contribution in [2.45, 2.75) is 14.7 Å². The first-order valence-electron chi connectivity index (χ1n) is 9.87. The molecule has 4 aromatic carbocycles. The van der Waals surface area contributed by atoms with Gasteiger partial charge in [0.15, 0.2) is 0 Å². The molecule has 0 heterocycles. The zero-order chi connectivity index (χ0) is 27.5. The predicted molar refractivity (Wildman–Crippen MR) is 156 cm³/mol. The summed E-state index contributed by atoms with van der Waals surface area (Å²) in [5, 5.41) is 21.6. The summed E-state index contributed by atoms with van der Waals surface area (Å²) in [5.41, 5.74) is -0.498. The third-order valence-corrected chi connectivity index (χ3v) is 6.97. The Morgan fingerprint density at radius 3 is 1.65 bits per heavy atom. The Bertz CT molecular complexity index is 1360. The van der Waals surface area contributed by atoms with Gasteiger partial charge < -0.3 is 0 Å². The Labute approximate surface area is 248 Å². The Balaban J connectivity index is 0.000000215. The monoisotopic (exact) mass is 706 g/mol. The van der Waals surface area contributed by atoms with Gasteiger partial charge in [0.25, 0.3) is 5.69 Å². The molecule has 0 spiro atoms. The van der Waals surface area contributed by atoms with E-state index in [0.717, 1.165) is 30.9 Å². The van der Waals surface area contributed by atoms with Crippen LogP contribution >= 0.6 is 79.5 Å². The fourth-order valence-electron chi connectivity index (χ4n) is 2.42. The molecule has 0 aromatic heterocycles. The highest BCUT2D eigenvalue weighted by molar-refractivity contribution is 9.10. The van der Waals surface area contributed by atoms with Crippen LogP contribution < -0.4 is 0 Å². The fraction of sp³-hybridized carbons (Fsp3) is 0. The van der Waals surface area contributed by atoms with E-state index in [1.165, 1.54) is 30.0 Å². The highest BCUT2D eigenvalue weighted by Crippen LogP contribution is 2.36. The standard InChI is InChI=1S/C12H7BrClNO2S.C6H5BrS.C6H3ClFNO2/c13-8-1-4-10(5-2-8)18-12-7-9(14)3-6-11(12)15(16)17;7-5-1-3-6(8)4-2-5;7-4-1-2-6(9(10)11)5(8)3-4/h1-7H;1-4,8H;1-3H. The van der Waals surface area contributed by atoms with Crippen LogP contribution in [-0.4, -0.2) is 9.85 Å². The molecule has 0 saturated carbocycles. The van der Waals surface area contributed by atoms with Crippen molar-refractivity contribution in [1.82, 2.24) is 0 Å². The normalized spacial score (nSPS) is 9.89. The van der Waals surface area contributed by atoms with E-state index in [0.29, 0.717) is 9.92 Å². The summed E-state index contributed by atoms with van der Waals surface area (Å²) in [6.07, 6.45) is 0. The zero-order valence-electron chi connectivity index (χ0n) is 18.4. The molecule has 13 heteroatoms. The number of nitro benzene ring substituents is 2. The first-order chi connectivity index (χ1) is 17.5. The number of nitro groups is 2. The van der Waals surface area contributed by atoms with Crippen molar-refractivity contribution in [3.8, 4) is 0 Å². The maximum absolute atomic E-state index is 12.6. The highest BCUT2D eigenvalue weighted by Gasteiger charge is 2.15. The smallest absolute Gasteiger partial charge is 0.258 e. The first kappa shape index (κ1) is 31.1. The van der Waals surface area contributed by atoms with Crippen LogP contribution in [-0.2, 0) is 0 Å². The van der Waals surface area contributed by atoms with Gasteiger partial charge in [-0.1, -0.05) is 66.8 Å². The van der Waals surface area contributed by atoms with Crippen LogP contribution in [0.3, 0.4) is 0 Å². The van der Waals surface area contributed by atoms with Crippen molar-refractivity contribution < 1.29 is 14.2 Å². The molecule has 0 aliphatic heterocycles. The molecule has 0 fully saturated rings. The summed E-state index contributed by atoms with van der Waals surface area (Å²) in [6, 6.07) is 23.1. The van der Waals surface area contributed by atoms with E-state index in [9.17, 15) is 24.6 Å². The van der Waals surface area contributed by atoms with Crippen molar-refractivity contribution in [2.24, 2.45) is 0 Å². The molecule has 0 radical (unpaired) electrons. The number of thiol groups is 1. The summed E-state index contributed by atoms with van der Waals surface area (Å²) in [7, 11) is 0. The molecule has 4 aromatic rings. The van der Waals surface area contributed by atoms with E-state index >= 15 is 0 Å². The van der Waals surface area contributed by atoms with E-state index in [1.54, 1.807) is 6.07 Å². The van der Waals surface area contributed by atoms with Crippen LogP contribution in [0.1, 0.15) is 0 Å². The van der Waals surface area contributed by atoms with Crippen LogP contribution in [0.5, 0.6) is 0 Å². The van der Waals surface area contributed by atoms with Crippen molar-refractivity contribution in [3.05, 3.63) is 130 Å². The maximum atomic E-state index is 12.6. The van der Waals surface area contributed by atoms with Gasteiger partial charge in [-0.2, -0.15) is 4.39 Å². The number of hydrogen-bond acceptors (Lipinski definition) is 6. The lowest BCUT2D eigenvalue weighted by Gasteiger charge is -2.03. The van der Waals surface area contributed by atoms with Crippen LogP contribution in [0.2, 0.25) is 10.0 Å². The molecule has 0 aliphatic carbocycles. The molecule has 0 saturated heterocycles. The van der Waals surface area contributed by atoms with Crippen LogP contribution in [0, 0.1) is 26.0 Å². The molecular weight excluding hydrogens is 694 g/mol. The first-order valence-corrected chi connectivity index (χ1v) is 13.5. The minimum absolute atomic E-state index is 0.0623. The second-order valence-electron chi connectivity index (χ2n) is 6.75. The van der Waals surface area contributed by atoms with Gasteiger partial charge in [-0.25, -0.2) is 0 Å². The summed E-state index contributed by atoms with van der Waals surface area (Å²) in [4.78, 5) is 22.2. The van der Waals surface area contributed by atoms with Crippen LogP contribution in [0.4, 0.5) is 15.8 Å². The summed E-state index contributed by atoms with van der Waals surface area (Å²) >= 11 is 23.3. The SMILES string of the molecule is O=[N+]([O-])c1ccc(Cl)cc1F.O=[N+]([O-])c1ccc(Cl)cc1Sc1ccc(Br)cc1.Sc1ccc(Br)cc1. The van der Waals surface area contributed by atoms with Gasteiger partial charge in [0.05, 0.1) is 14.7 Å². The number of hydrogen-bond donors (Lipinski definition) is 1. The van der Waals surface area contributed by atoms with Gasteiger partial charge in [0.1, 0.15) is 0 Å². The van der Waals surface area contributed by atoms with Crippen molar-refractivity contribution in [3.63, 3.8) is 0 Å². The maximum Gasteiger partial charge on any atom is 0.304 e. The van der Waals surface area contributed by atoms with Gasteiger partial charge in [-0.15, -0.1) is 12.6 Å². The third-order valence-electron chi connectivity index (χ3n) is 4.09. The molecule has 4 rings (SSSR count). The van der Waals surface area contributed by atoms with Crippen LogP contribution in [0.15, 0.2) is 109 Å². The molecule has 6 nitrogen and oxygen atoms in total. The fourth-order valence-corrected chi connectivity index (χ4v) is 4.45. The van der Waals surface area contributed by atoms with E-state index in [-0.39, 0.29) is 10.7 Å². The van der Waals surface area contributed by atoms with Crippen molar-refractivity contribution in [2.75, 3.05) is 0 Å². The van der Waals surface area contributed by atoms with Gasteiger partial charge >= 0.3 is 5.69 Å². The Morgan fingerprint density at radius 1 is 0.730 bits per heavy atom. The van der Waals surface area contributed by atoms with Gasteiger partial charge in [0, 0.05) is 40.9 Å². The second kappa shape index (κ2) is 15.3. The van der Waals surface area contributed by atoms with Crippen molar-refractivity contribution >= 4 is 90.8 Å². The summed E-state index contributed by atoms with van der Waals surface area (Å²) in [6.45, 7) is 0. The van der Waals surface area contributed by atoms with E-state index < -0.39 is 21.4 Å². The second-order valence-corrected chi connectivity index (χ2v) is 11.1. The van der Waals surface area contributed by atoms with E-state index in [1.807, 2.05) is 48.5 Å². The minimum atomic E-state index is -0.914. The molecule has 37 heavy (non-hydrogen) atoms. The number of rotatable bonds is 4. The molecule has 192 valence electrons. The summed E-state index contributed by atoms with van der Waals surface area (Å²) < 4.78 is 14.6. The summed E-state index contributed by atoms with van der Waals surface area (Å²) in [5.74, 6) is -0.914. The van der Waals surface area contributed by atoms with E-state index in [4.69, 9.17) is 23.2 Å². The Morgan fingerprint density at radius 2 is 1.19 bits per heavy atom. The Hall–Kier alpha value is -2.15. The van der Waals surface area contributed by atoms with Gasteiger partial charge in [0.2, 0.25) is 5.82 Å². The predicted octanol–water partition coefficient (Wildman–Crippen LogP) is 10.3. The average Bonchev–Trinajstić information content (AvgIpc) is 2.83. The van der Waals surface area contributed by atoms with Gasteiger partial charge in [-0.3, -0.25) is 20.2 Å². The molecule has 0 atom stereocenters. The molecular formula is C24H15Br2Cl2FN2O4S2. The minimum Gasteiger partial charge on any atom is -0.258 e. The quantitative estimate of drug-likeness (QED) is 0.130. The zero-order valence-corrected chi connectivity index (χ0v) is 24.8. The molecule has 0 amide bonds. The molecule has 0 unspecified atom stereocenters. The number of nitrogens with zero attached hydrogens (tertiary/aromatic N) is 2. The van der Waals surface area contributed by atoms with Crippen LogP contribution in [0.25, 0.3) is 0 Å². The Kier molecular flexibility index (Phi) is 12.9. The number of halogens is 5. The molecule has 0 N–H and O–H groups in total. The molecule has 0 aliphatic rings. The third kappa shape index (κ3) is 11.0. The lowest BCUT2D eigenvalue weighted by atomic mass is 10.3. The number of benzene rings is 4. The van der Waals surface area contributed by atoms with E-state index in [2.05, 4.69) is 44.5 Å². The average molecular weight is 709 g/mol. The van der Waals surface area contributed by atoms with Crippen molar-refractivity contribution in [1.29, 1.82) is 0 Å². The highest BCUT2D eigenvalue weighted by atomic mass is 79.9.